The fourth-order valence-corrected chi connectivity index (χ4v) is 2.82. The van der Waals surface area contributed by atoms with Crippen LogP contribution in [0.4, 0.5) is 5.95 Å². The van der Waals surface area contributed by atoms with Crippen molar-refractivity contribution in [3.63, 3.8) is 0 Å². The quantitative estimate of drug-likeness (QED) is 0.849. The minimum atomic E-state index is 0.0874. The summed E-state index contributed by atoms with van der Waals surface area (Å²) in [7, 11) is 0. The van der Waals surface area contributed by atoms with Crippen LogP contribution >= 0.6 is 0 Å². The molecule has 1 atom stereocenters. The first-order valence-corrected chi connectivity index (χ1v) is 7.38. The van der Waals surface area contributed by atoms with Crippen molar-refractivity contribution in [1.82, 2.24) is 9.97 Å². The maximum Gasteiger partial charge on any atom is 0.225 e. The SMILES string of the molecule is Cc1cc(C)nc(N2CCOC(c3ccccc3C)C2)n1. The Morgan fingerprint density at radius 1 is 1.10 bits per heavy atom. The molecule has 3 rings (SSSR count). The minimum absolute atomic E-state index is 0.0874. The molecule has 110 valence electrons. The van der Waals surface area contributed by atoms with Gasteiger partial charge >= 0.3 is 0 Å². The molecule has 0 saturated carbocycles. The largest absolute Gasteiger partial charge is 0.370 e. The number of morpholine rings is 1. The Labute approximate surface area is 125 Å². The second-order valence-corrected chi connectivity index (χ2v) is 5.61. The molecule has 1 aromatic carbocycles. The third-order valence-corrected chi connectivity index (χ3v) is 3.86. The van der Waals surface area contributed by atoms with E-state index in [9.17, 15) is 0 Å². The summed E-state index contributed by atoms with van der Waals surface area (Å²) in [5, 5.41) is 0. The second-order valence-electron chi connectivity index (χ2n) is 5.61. The molecule has 2 aromatic rings. The number of nitrogens with zero attached hydrogens (tertiary/aromatic N) is 3. The van der Waals surface area contributed by atoms with Gasteiger partial charge in [-0.2, -0.15) is 0 Å². The summed E-state index contributed by atoms with van der Waals surface area (Å²) in [6.45, 7) is 8.49. The summed E-state index contributed by atoms with van der Waals surface area (Å²) in [5.74, 6) is 0.814. The van der Waals surface area contributed by atoms with E-state index in [4.69, 9.17) is 4.74 Å². The van der Waals surface area contributed by atoms with Crippen LogP contribution in [0.1, 0.15) is 28.6 Å². The molecule has 4 heteroatoms. The average molecular weight is 283 g/mol. The Morgan fingerprint density at radius 3 is 2.52 bits per heavy atom. The molecule has 0 N–H and O–H groups in total. The lowest BCUT2D eigenvalue weighted by atomic mass is 10.0. The first-order chi connectivity index (χ1) is 10.1. The van der Waals surface area contributed by atoms with Gasteiger partial charge in [0.05, 0.1) is 13.2 Å². The summed E-state index contributed by atoms with van der Waals surface area (Å²) in [6, 6.07) is 10.4. The maximum absolute atomic E-state index is 5.96. The van der Waals surface area contributed by atoms with Crippen molar-refractivity contribution in [3.05, 3.63) is 52.8 Å². The number of rotatable bonds is 2. The van der Waals surface area contributed by atoms with Crippen LogP contribution in [0.2, 0.25) is 0 Å². The van der Waals surface area contributed by atoms with E-state index < -0.39 is 0 Å². The predicted molar refractivity (Wildman–Crippen MR) is 83.6 cm³/mol. The van der Waals surface area contributed by atoms with Gasteiger partial charge in [-0.1, -0.05) is 24.3 Å². The van der Waals surface area contributed by atoms with Crippen LogP contribution in [0.25, 0.3) is 0 Å². The van der Waals surface area contributed by atoms with Crippen LogP contribution in [0.5, 0.6) is 0 Å². The van der Waals surface area contributed by atoms with Gasteiger partial charge in [-0.05, 0) is 38.0 Å². The van der Waals surface area contributed by atoms with Crippen molar-refractivity contribution < 1.29 is 4.74 Å². The Balaban J connectivity index is 1.84. The first-order valence-electron chi connectivity index (χ1n) is 7.38. The number of aryl methyl sites for hydroxylation is 3. The van der Waals surface area contributed by atoms with Crippen LogP contribution < -0.4 is 4.90 Å². The molecular weight excluding hydrogens is 262 g/mol. The number of ether oxygens (including phenoxy) is 1. The summed E-state index contributed by atoms with van der Waals surface area (Å²) >= 11 is 0. The van der Waals surface area contributed by atoms with Gasteiger partial charge in [0, 0.05) is 17.9 Å². The molecule has 0 amide bonds. The third-order valence-electron chi connectivity index (χ3n) is 3.86. The summed E-state index contributed by atoms with van der Waals surface area (Å²) < 4.78 is 5.96. The Hall–Kier alpha value is -1.94. The van der Waals surface area contributed by atoms with E-state index in [0.717, 1.165) is 30.4 Å². The fraction of sp³-hybridized carbons (Fsp3) is 0.412. The van der Waals surface area contributed by atoms with E-state index >= 15 is 0 Å². The van der Waals surface area contributed by atoms with Crippen LogP contribution in [0.15, 0.2) is 30.3 Å². The lowest BCUT2D eigenvalue weighted by Crippen LogP contribution is -2.39. The molecule has 21 heavy (non-hydrogen) atoms. The highest BCUT2D eigenvalue weighted by atomic mass is 16.5. The molecule has 1 saturated heterocycles. The van der Waals surface area contributed by atoms with Gasteiger partial charge < -0.3 is 9.64 Å². The second kappa shape index (κ2) is 5.82. The monoisotopic (exact) mass is 283 g/mol. The molecule has 1 fully saturated rings. The number of hydrogen-bond acceptors (Lipinski definition) is 4. The molecule has 1 aliphatic rings. The predicted octanol–water partition coefficient (Wildman–Crippen LogP) is 2.98. The third kappa shape index (κ3) is 3.05. The van der Waals surface area contributed by atoms with E-state index in [1.807, 2.05) is 19.9 Å². The van der Waals surface area contributed by atoms with Gasteiger partial charge in [-0.25, -0.2) is 9.97 Å². The molecule has 0 spiro atoms. The maximum atomic E-state index is 5.96. The summed E-state index contributed by atoms with van der Waals surface area (Å²) in [5.41, 5.74) is 4.55. The Kier molecular flexibility index (Phi) is 3.88. The first kappa shape index (κ1) is 14.0. The van der Waals surface area contributed by atoms with Gasteiger partial charge in [0.15, 0.2) is 0 Å². The van der Waals surface area contributed by atoms with Crippen LogP contribution in [0, 0.1) is 20.8 Å². The molecule has 4 nitrogen and oxygen atoms in total. The lowest BCUT2D eigenvalue weighted by Gasteiger charge is -2.34. The van der Waals surface area contributed by atoms with Crippen molar-refractivity contribution >= 4 is 5.95 Å². The molecule has 1 aromatic heterocycles. The zero-order valence-corrected chi connectivity index (χ0v) is 12.8. The highest BCUT2D eigenvalue weighted by Gasteiger charge is 2.24. The van der Waals surface area contributed by atoms with Crippen LogP contribution in [0.3, 0.4) is 0 Å². The van der Waals surface area contributed by atoms with Gasteiger partial charge in [-0.3, -0.25) is 0 Å². The van der Waals surface area contributed by atoms with Crippen LogP contribution in [-0.4, -0.2) is 29.7 Å². The molecule has 2 heterocycles. The molecule has 1 aliphatic heterocycles. The molecular formula is C17H21N3O. The van der Waals surface area contributed by atoms with E-state index in [2.05, 4.69) is 46.1 Å². The number of aromatic nitrogens is 2. The van der Waals surface area contributed by atoms with Gasteiger partial charge in [0.1, 0.15) is 6.10 Å². The topological polar surface area (TPSA) is 38.2 Å². The highest BCUT2D eigenvalue weighted by molar-refractivity contribution is 5.36. The van der Waals surface area contributed by atoms with Crippen molar-refractivity contribution in [2.75, 3.05) is 24.6 Å². The smallest absolute Gasteiger partial charge is 0.225 e. The van der Waals surface area contributed by atoms with Crippen molar-refractivity contribution in [3.8, 4) is 0 Å². The van der Waals surface area contributed by atoms with Gasteiger partial charge in [0.2, 0.25) is 5.95 Å². The van der Waals surface area contributed by atoms with E-state index in [-0.39, 0.29) is 6.10 Å². The summed E-state index contributed by atoms with van der Waals surface area (Å²) in [6.07, 6.45) is 0.0874. The molecule has 0 aliphatic carbocycles. The number of anilines is 1. The van der Waals surface area contributed by atoms with Crippen LogP contribution in [-0.2, 0) is 4.74 Å². The zero-order valence-electron chi connectivity index (χ0n) is 12.8. The molecule has 0 radical (unpaired) electrons. The van der Waals surface area contributed by atoms with E-state index in [0.29, 0.717) is 6.61 Å². The number of hydrogen-bond donors (Lipinski definition) is 0. The summed E-state index contributed by atoms with van der Waals surface area (Å²) in [4.78, 5) is 11.4. The minimum Gasteiger partial charge on any atom is -0.370 e. The van der Waals surface area contributed by atoms with Gasteiger partial charge in [0.25, 0.3) is 0 Å². The van der Waals surface area contributed by atoms with Crippen molar-refractivity contribution in [2.45, 2.75) is 26.9 Å². The van der Waals surface area contributed by atoms with Crippen molar-refractivity contribution in [2.24, 2.45) is 0 Å². The van der Waals surface area contributed by atoms with E-state index in [1.165, 1.54) is 11.1 Å². The standard InChI is InChI=1S/C17H21N3O/c1-12-6-4-5-7-15(12)16-11-20(8-9-21-16)17-18-13(2)10-14(3)19-17/h4-7,10,16H,8-9,11H2,1-3H3. The Bertz CT molecular complexity index is 621. The Morgan fingerprint density at radius 2 is 1.81 bits per heavy atom. The lowest BCUT2D eigenvalue weighted by molar-refractivity contribution is 0.0388. The highest BCUT2D eigenvalue weighted by Crippen LogP contribution is 2.26. The van der Waals surface area contributed by atoms with Gasteiger partial charge in [-0.15, -0.1) is 0 Å². The molecule has 1 unspecified atom stereocenters. The average Bonchev–Trinajstić information content (AvgIpc) is 2.47. The normalized spacial score (nSPS) is 18.8. The fourth-order valence-electron chi connectivity index (χ4n) is 2.82. The molecule has 0 bridgehead atoms. The number of benzene rings is 1. The van der Waals surface area contributed by atoms with Crippen molar-refractivity contribution in [1.29, 1.82) is 0 Å². The zero-order chi connectivity index (χ0) is 14.8. The van der Waals surface area contributed by atoms with E-state index in [1.54, 1.807) is 0 Å².